The van der Waals surface area contributed by atoms with Gasteiger partial charge in [0.2, 0.25) is 5.91 Å². The molecule has 1 aromatic rings. The molecule has 0 aromatic heterocycles. The molecule has 0 fully saturated rings. The van der Waals surface area contributed by atoms with Crippen LogP contribution in [0.2, 0.25) is 0 Å². The number of carbonyl (C=O) groups is 2. The minimum absolute atomic E-state index is 0.0148. The molecule has 0 radical (unpaired) electrons. The van der Waals surface area contributed by atoms with Crippen molar-refractivity contribution in [2.24, 2.45) is 5.92 Å². The topological polar surface area (TPSA) is 70.2 Å². The zero-order chi connectivity index (χ0) is 15.2. The Labute approximate surface area is 125 Å². The summed E-state index contributed by atoms with van der Waals surface area (Å²) in [4.78, 5) is 23.6. The van der Waals surface area contributed by atoms with Crippen molar-refractivity contribution < 1.29 is 9.59 Å². The van der Waals surface area contributed by atoms with Crippen LogP contribution in [0.1, 0.15) is 36.2 Å². The first-order valence-electron chi connectivity index (χ1n) is 7.48. The summed E-state index contributed by atoms with van der Waals surface area (Å²) in [5.41, 5.74) is 2.87. The van der Waals surface area contributed by atoms with Crippen LogP contribution in [0.25, 0.3) is 0 Å². The number of nitrogens with one attached hydrogen (secondary N) is 3. The standard InChI is InChI=1S/C16H23N3O2/c1-11(2)9-18-15(20)10-19-16(21)13-5-6-14-12(8-13)4-3-7-17-14/h5-6,8,11,17H,3-4,7,9-10H2,1-2H3,(H,18,20)(H,19,21). The summed E-state index contributed by atoms with van der Waals surface area (Å²) < 4.78 is 0. The van der Waals surface area contributed by atoms with Gasteiger partial charge in [-0.05, 0) is 42.5 Å². The van der Waals surface area contributed by atoms with Crippen LogP contribution in [-0.2, 0) is 11.2 Å². The molecule has 0 unspecified atom stereocenters. The first-order chi connectivity index (χ1) is 10.1. The number of aryl methyl sites for hydroxylation is 1. The Kier molecular flexibility index (Phi) is 5.20. The average Bonchev–Trinajstić information content (AvgIpc) is 2.50. The molecule has 0 atom stereocenters. The zero-order valence-electron chi connectivity index (χ0n) is 12.7. The SMILES string of the molecule is CC(C)CNC(=O)CNC(=O)c1ccc2c(c1)CCCN2. The minimum atomic E-state index is -0.205. The summed E-state index contributed by atoms with van der Waals surface area (Å²) in [7, 11) is 0. The van der Waals surface area contributed by atoms with E-state index in [1.165, 1.54) is 0 Å². The Morgan fingerprint density at radius 2 is 2.10 bits per heavy atom. The van der Waals surface area contributed by atoms with E-state index in [0.717, 1.165) is 30.6 Å². The highest BCUT2D eigenvalue weighted by atomic mass is 16.2. The molecule has 0 bridgehead atoms. The summed E-state index contributed by atoms with van der Waals surface area (Å²) in [5.74, 6) is 0.0394. The van der Waals surface area contributed by atoms with Crippen molar-refractivity contribution >= 4 is 17.5 Å². The van der Waals surface area contributed by atoms with Gasteiger partial charge in [-0.1, -0.05) is 13.8 Å². The molecule has 1 aliphatic heterocycles. The van der Waals surface area contributed by atoms with Gasteiger partial charge in [0.25, 0.3) is 5.91 Å². The van der Waals surface area contributed by atoms with Crippen LogP contribution in [-0.4, -0.2) is 31.4 Å². The molecule has 1 aromatic carbocycles. The van der Waals surface area contributed by atoms with E-state index in [0.29, 0.717) is 18.0 Å². The molecule has 0 aliphatic carbocycles. The van der Waals surface area contributed by atoms with Gasteiger partial charge in [-0.15, -0.1) is 0 Å². The van der Waals surface area contributed by atoms with Crippen LogP contribution in [0.15, 0.2) is 18.2 Å². The van der Waals surface area contributed by atoms with Crippen LogP contribution >= 0.6 is 0 Å². The molecular weight excluding hydrogens is 266 g/mol. The highest BCUT2D eigenvalue weighted by molar-refractivity contribution is 5.97. The van der Waals surface area contributed by atoms with E-state index < -0.39 is 0 Å². The minimum Gasteiger partial charge on any atom is -0.385 e. The van der Waals surface area contributed by atoms with Crippen LogP contribution in [0.4, 0.5) is 5.69 Å². The Hall–Kier alpha value is -2.04. The molecule has 0 spiro atoms. The summed E-state index contributed by atoms with van der Waals surface area (Å²) >= 11 is 0. The van der Waals surface area contributed by atoms with E-state index in [-0.39, 0.29) is 18.4 Å². The van der Waals surface area contributed by atoms with E-state index in [1.807, 2.05) is 26.0 Å². The van der Waals surface area contributed by atoms with Gasteiger partial charge < -0.3 is 16.0 Å². The summed E-state index contributed by atoms with van der Waals surface area (Å²) in [6.45, 7) is 5.68. The summed E-state index contributed by atoms with van der Waals surface area (Å²) in [5, 5.41) is 8.74. The highest BCUT2D eigenvalue weighted by Crippen LogP contribution is 2.22. The molecule has 3 N–H and O–H groups in total. The maximum atomic E-state index is 12.1. The van der Waals surface area contributed by atoms with Crippen LogP contribution in [0, 0.1) is 5.92 Å². The van der Waals surface area contributed by atoms with Gasteiger partial charge in [-0.3, -0.25) is 9.59 Å². The molecule has 1 aliphatic rings. The molecule has 5 heteroatoms. The molecule has 0 saturated carbocycles. The lowest BCUT2D eigenvalue weighted by atomic mass is 10.0. The number of hydrogen-bond acceptors (Lipinski definition) is 3. The first-order valence-corrected chi connectivity index (χ1v) is 7.48. The Morgan fingerprint density at radius 1 is 1.29 bits per heavy atom. The Balaban J connectivity index is 1.87. The number of amides is 2. The third kappa shape index (κ3) is 4.48. The molecule has 5 nitrogen and oxygen atoms in total. The van der Waals surface area contributed by atoms with Crippen molar-refractivity contribution in [2.75, 3.05) is 25.0 Å². The molecule has 114 valence electrons. The second-order valence-corrected chi connectivity index (χ2v) is 5.78. The number of rotatable bonds is 5. The van der Waals surface area contributed by atoms with Gasteiger partial charge >= 0.3 is 0 Å². The van der Waals surface area contributed by atoms with Crippen molar-refractivity contribution in [3.8, 4) is 0 Å². The van der Waals surface area contributed by atoms with Crippen molar-refractivity contribution in [3.63, 3.8) is 0 Å². The van der Waals surface area contributed by atoms with Gasteiger partial charge in [0.1, 0.15) is 0 Å². The lowest BCUT2D eigenvalue weighted by molar-refractivity contribution is -0.120. The van der Waals surface area contributed by atoms with E-state index in [9.17, 15) is 9.59 Å². The third-order valence-corrected chi connectivity index (χ3v) is 3.42. The number of benzene rings is 1. The van der Waals surface area contributed by atoms with Gasteiger partial charge in [0, 0.05) is 24.3 Å². The third-order valence-electron chi connectivity index (χ3n) is 3.42. The van der Waals surface area contributed by atoms with Gasteiger partial charge in [-0.2, -0.15) is 0 Å². The maximum Gasteiger partial charge on any atom is 0.251 e. The predicted octanol–water partition coefficient (Wildman–Crippen LogP) is 1.55. The number of anilines is 1. The van der Waals surface area contributed by atoms with E-state index >= 15 is 0 Å². The fourth-order valence-corrected chi connectivity index (χ4v) is 2.26. The first kappa shape index (κ1) is 15.4. The molecular formula is C16H23N3O2. The maximum absolute atomic E-state index is 12.1. The van der Waals surface area contributed by atoms with Crippen molar-refractivity contribution in [3.05, 3.63) is 29.3 Å². The van der Waals surface area contributed by atoms with Crippen molar-refractivity contribution in [2.45, 2.75) is 26.7 Å². The molecule has 21 heavy (non-hydrogen) atoms. The van der Waals surface area contributed by atoms with E-state index in [4.69, 9.17) is 0 Å². The number of carbonyl (C=O) groups excluding carboxylic acids is 2. The quantitative estimate of drug-likeness (QED) is 0.770. The van der Waals surface area contributed by atoms with Gasteiger partial charge in [0.05, 0.1) is 6.54 Å². The molecule has 1 heterocycles. The monoisotopic (exact) mass is 289 g/mol. The van der Waals surface area contributed by atoms with Gasteiger partial charge in [0.15, 0.2) is 0 Å². The fourth-order valence-electron chi connectivity index (χ4n) is 2.26. The summed E-state index contributed by atoms with van der Waals surface area (Å²) in [6.07, 6.45) is 2.06. The van der Waals surface area contributed by atoms with Crippen LogP contribution in [0.5, 0.6) is 0 Å². The second-order valence-electron chi connectivity index (χ2n) is 5.78. The highest BCUT2D eigenvalue weighted by Gasteiger charge is 2.13. The molecule has 0 saturated heterocycles. The van der Waals surface area contributed by atoms with Crippen LogP contribution in [0.3, 0.4) is 0 Å². The van der Waals surface area contributed by atoms with Crippen molar-refractivity contribution in [1.82, 2.24) is 10.6 Å². The lowest BCUT2D eigenvalue weighted by Crippen LogP contribution is -2.38. The van der Waals surface area contributed by atoms with E-state index in [1.54, 1.807) is 6.07 Å². The largest absolute Gasteiger partial charge is 0.385 e. The van der Waals surface area contributed by atoms with Gasteiger partial charge in [-0.25, -0.2) is 0 Å². The zero-order valence-corrected chi connectivity index (χ0v) is 12.7. The van der Waals surface area contributed by atoms with Crippen LogP contribution < -0.4 is 16.0 Å². The Morgan fingerprint density at radius 3 is 2.86 bits per heavy atom. The normalized spacial score (nSPS) is 13.3. The smallest absolute Gasteiger partial charge is 0.251 e. The Bertz CT molecular complexity index is 526. The lowest BCUT2D eigenvalue weighted by Gasteiger charge is -2.18. The summed E-state index contributed by atoms with van der Waals surface area (Å²) in [6, 6.07) is 5.63. The molecule has 2 rings (SSSR count). The van der Waals surface area contributed by atoms with E-state index in [2.05, 4.69) is 16.0 Å². The number of fused-ring (bicyclic) bond motifs is 1. The predicted molar refractivity (Wildman–Crippen MR) is 83.4 cm³/mol. The number of hydrogen-bond donors (Lipinski definition) is 3. The molecule has 2 amide bonds. The van der Waals surface area contributed by atoms with Crippen molar-refractivity contribution in [1.29, 1.82) is 0 Å². The fraction of sp³-hybridized carbons (Fsp3) is 0.500. The second kappa shape index (κ2) is 7.11. The average molecular weight is 289 g/mol.